The molecule has 108 valence electrons. The van der Waals surface area contributed by atoms with Crippen LogP contribution in [-0.2, 0) is 6.42 Å². The fourth-order valence-corrected chi connectivity index (χ4v) is 2.51. The first-order valence-electron chi connectivity index (χ1n) is 7.38. The first-order valence-corrected chi connectivity index (χ1v) is 7.38. The zero-order valence-corrected chi connectivity index (χ0v) is 12.7. The summed E-state index contributed by atoms with van der Waals surface area (Å²) in [6.07, 6.45) is 1.01. The quantitative estimate of drug-likeness (QED) is 0.721. The molecule has 0 radical (unpaired) electrons. The van der Waals surface area contributed by atoms with Gasteiger partial charge in [-0.2, -0.15) is 10.4 Å². The molecule has 0 bridgehead atoms. The van der Waals surface area contributed by atoms with Crippen LogP contribution in [0.4, 0.5) is 0 Å². The molecule has 0 spiro atoms. The van der Waals surface area contributed by atoms with Gasteiger partial charge in [0, 0.05) is 11.6 Å². The third-order valence-corrected chi connectivity index (χ3v) is 3.73. The zero-order chi connectivity index (χ0) is 15.5. The summed E-state index contributed by atoms with van der Waals surface area (Å²) in [6, 6.07) is 20.5. The maximum Gasteiger partial charge on any atom is 0.163 e. The van der Waals surface area contributed by atoms with Gasteiger partial charge >= 0.3 is 0 Å². The van der Waals surface area contributed by atoms with Gasteiger partial charge in [-0.05, 0) is 36.6 Å². The van der Waals surface area contributed by atoms with Crippen molar-refractivity contribution in [3.05, 3.63) is 71.4 Å². The number of benzene rings is 2. The van der Waals surface area contributed by atoms with Gasteiger partial charge in [0.1, 0.15) is 6.07 Å². The first kappa shape index (κ1) is 14.1. The van der Waals surface area contributed by atoms with Gasteiger partial charge in [0.2, 0.25) is 0 Å². The fourth-order valence-electron chi connectivity index (χ4n) is 2.51. The van der Waals surface area contributed by atoms with Crippen LogP contribution in [0.2, 0.25) is 0 Å². The molecule has 0 aliphatic heterocycles. The van der Waals surface area contributed by atoms with Gasteiger partial charge < -0.3 is 0 Å². The monoisotopic (exact) mass is 287 g/mol. The van der Waals surface area contributed by atoms with E-state index in [9.17, 15) is 5.26 Å². The van der Waals surface area contributed by atoms with Crippen LogP contribution in [0.5, 0.6) is 0 Å². The molecule has 0 aliphatic rings. The van der Waals surface area contributed by atoms with E-state index in [-0.39, 0.29) is 0 Å². The van der Waals surface area contributed by atoms with Gasteiger partial charge in [-0.1, -0.05) is 43.3 Å². The third-order valence-electron chi connectivity index (χ3n) is 3.73. The summed E-state index contributed by atoms with van der Waals surface area (Å²) in [5, 5.41) is 13.6. The molecule has 1 aromatic heterocycles. The van der Waals surface area contributed by atoms with Gasteiger partial charge in [0.25, 0.3) is 0 Å². The van der Waals surface area contributed by atoms with E-state index in [1.807, 2.05) is 35.9 Å². The highest BCUT2D eigenvalue weighted by molar-refractivity contribution is 5.64. The van der Waals surface area contributed by atoms with Crippen molar-refractivity contribution < 1.29 is 0 Å². The van der Waals surface area contributed by atoms with Crippen molar-refractivity contribution in [3.63, 3.8) is 0 Å². The fraction of sp³-hybridized carbons (Fsp3) is 0.158. The molecular weight excluding hydrogens is 270 g/mol. The van der Waals surface area contributed by atoms with Crippen LogP contribution in [0, 0.1) is 18.3 Å². The van der Waals surface area contributed by atoms with E-state index in [2.05, 4.69) is 48.4 Å². The molecule has 0 atom stereocenters. The molecule has 0 saturated heterocycles. The molecule has 0 amide bonds. The van der Waals surface area contributed by atoms with Gasteiger partial charge in [0.15, 0.2) is 5.69 Å². The summed E-state index contributed by atoms with van der Waals surface area (Å²) < 4.78 is 1.84. The molecule has 3 rings (SSSR count). The number of nitrogens with zero attached hydrogens (tertiary/aromatic N) is 3. The largest absolute Gasteiger partial charge is 0.232 e. The molecule has 2 aromatic carbocycles. The highest BCUT2D eigenvalue weighted by atomic mass is 15.3. The number of nitriles is 1. The summed E-state index contributed by atoms with van der Waals surface area (Å²) in [4.78, 5) is 0. The lowest BCUT2D eigenvalue weighted by Crippen LogP contribution is -1.99. The highest BCUT2D eigenvalue weighted by Gasteiger charge is 2.11. The van der Waals surface area contributed by atoms with Crippen LogP contribution in [0.15, 0.2) is 54.6 Å². The van der Waals surface area contributed by atoms with Gasteiger partial charge in [-0.3, -0.25) is 0 Å². The number of aromatic nitrogens is 2. The summed E-state index contributed by atoms with van der Waals surface area (Å²) >= 11 is 0. The number of hydrogen-bond acceptors (Lipinski definition) is 2. The summed E-state index contributed by atoms with van der Waals surface area (Å²) in [5.74, 6) is 0. The Morgan fingerprint density at radius 3 is 2.50 bits per heavy atom. The molecule has 0 unspecified atom stereocenters. The topological polar surface area (TPSA) is 41.6 Å². The zero-order valence-electron chi connectivity index (χ0n) is 12.7. The predicted molar refractivity (Wildman–Crippen MR) is 87.8 cm³/mol. The second-order valence-electron chi connectivity index (χ2n) is 5.33. The van der Waals surface area contributed by atoms with Crippen molar-refractivity contribution in [3.8, 4) is 23.0 Å². The maximum absolute atomic E-state index is 9.18. The molecule has 0 fully saturated rings. The second-order valence-corrected chi connectivity index (χ2v) is 5.33. The normalized spacial score (nSPS) is 10.4. The lowest BCUT2D eigenvalue weighted by Gasteiger charge is -2.09. The summed E-state index contributed by atoms with van der Waals surface area (Å²) in [7, 11) is 0. The van der Waals surface area contributed by atoms with Crippen LogP contribution < -0.4 is 0 Å². The van der Waals surface area contributed by atoms with E-state index in [1.165, 1.54) is 11.1 Å². The molecular formula is C19H17N3. The Morgan fingerprint density at radius 2 is 1.86 bits per heavy atom. The van der Waals surface area contributed by atoms with E-state index >= 15 is 0 Å². The first-order chi connectivity index (χ1) is 10.7. The van der Waals surface area contributed by atoms with E-state index < -0.39 is 0 Å². The smallest absolute Gasteiger partial charge is 0.163 e. The lowest BCUT2D eigenvalue weighted by atomic mass is 10.1. The van der Waals surface area contributed by atoms with Crippen LogP contribution >= 0.6 is 0 Å². The summed E-state index contributed by atoms with van der Waals surface area (Å²) in [5.41, 5.74) is 5.86. The van der Waals surface area contributed by atoms with E-state index in [1.54, 1.807) is 0 Å². The Balaban J connectivity index is 2.14. The Kier molecular flexibility index (Phi) is 3.76. The van der Waals surface area contributed by atoms with Crippen molar-refractivity contribution in [1.82, 2.24) is 9.78 Å². The van der Waals surface area contributed by atoms with Crippen molar-refractivity contribution in [2.24, 2.45) is 0 Å². The second kappa shape index (κ2) is 5.87. The Morgan fingerprint density at radius 1 is 1.09 bits per heavy atom. The number of hydrogen-bond donors (Lipinski definition) is 0. The minimum Gasteiger partial charge on any atom is -0.232 e. The van der Waals surface area contributed by atoms with Crippen LogP contribution in [-0.4, -0.2) is 9.78 Å². The van der Waals surface area contributed by atoms with Gasteiger partial charge in [0.05, 0.1) is 11.4 Å². The molecule has 1 heterocycles. The minimum absolute atomic E-state index is 0.427. The van der Waals surface area contributed by atoms with Crippen molar-refractivity contribution >= 4 is 0 Å². The van der Waals surface area contributed by atoms with E-state index in [0.29, 0.717) is 5.69 Å². The average molecular weight is 287 g/mol. The summed E-state index contributed by atoms with van der Waals surface area (Å²) in [6.45, 7) is 4.19. The third kappa shape index (κ3) is 2.64. The predicted octanol–water partition coefficient (Wildman–Crippen LogP) is 4.28. The number of aryl methyl sites for hydroxylation is 2. The number of rotatable bonds is 3. The van der Waals surface area contributed by atoms with Crippen molar-refractivity contribution in [2.45, 2.75) is 20.3 Å². The standard InChI is InChI=1S/C19H17N3/c1-3-15-7-9-16(10-8-15)19-12-17(13-20)21-22(19)18-6-4-5-14(2)11-18/h4-12H,3H2,1-2H3. The molecule has 0 saturated carbocycles. The van der Waals surface area contributed by atoms with E-state index in [4.69, 9.17) is 0 Å². The molecule has 3 aromatic rings. The van der Waals surface area contributed by atoms with Crippen molar-refractivity contribution in [1.29, 1.82) is 5.26 Å². The van der Waals surface area contributed by atoms with Crippen LogP contribution in [0.1, 0.15) is 23.7 Å². The molecule has 3 heteroatoms. The molecule has 0 N–H and O–H groups in total. The van der Waals surface area contributed by atoms with E-state index in [0.717, 1.165) is 23.4 Å². The van der Waals surface area contributed by atoms with Gasteiger partial charge in [-0.15, -0.1) is 0 Å². The Labute approximate surface area is 130 Å². The molecule has 0 aliphatic carbocycles. The average Bonchev–Trinajstić information content (AvgIpc) is 2.99. The van der Waals surface area contributed by atoms with Crippen LogP contribution in [0.3, 0.4) is 0 Å². The Hall–Kier alpha value is -2.86. The maximum atomic E-state index is 9.18. The Bertz CT molecular complexity index is 836. The SMILES string of the molecule is CCc1ccc(-c2cc(C#N)nn2-c2cccc(C)c2)cc1. The van der Waals surface area contributed by atoms with Gasteiger partial charge in [-0.25, -0.2) is 4.68 Å². The van der Waals surface area contributed by atoms with Crippen LogP contribution in [0.25, 0.3) is 16.9 Å². The minimum atomic E-state index is 0.427. The van der Waals surface area contributed by atoms with Crippen molar-refractivity contribution in [2.75, 3.05) is 0 Å². The lowest BCUT2D eigenvalue weighted by molar-refractivity contribution is 0.879. The molecule has 3 nitrogen and oxygen atoms in total. The highest BCUT2D eigenvalue weighted by Crippen LogP contribution is 2.25. The molecule has 22 heavy (non-hydrogen) atoms.